The van der Waals surface area contributed by atoms with Crippen LogP contribution in [-0.2, 0) is 17.7 Å². The highest BCUT2D eigenvalue weighted by atomic mass is 16.5. The third-order valence-corrected chi connectivity index (χ3v) is 8.64. The number of hydrogen-bond acceptors (Lipinski definition) is 9. The molecule has 9 heteroatoms. The summed E-state index contributed by atoms with van der Waals surface area (Å²) < 4.78 is 11.7. The summed E-state index contributed by atoms with van der Waals surface area (Å²) >= 11 is 0. The van der Waals surface area contributed by atoms with Crippen molar-refractivity contribution in [3.8, 4) is 12.1 Å². The van der Waals surface area contributed by atoms with Gasteiger partial charge in [-0.05, 0) is 24.3 Å². The first-order valence-electron chi connectivity index (χ1n) is 14.2. The van der Waals surface area contributed by atoms with Gasteiger partial charge in [-0.3, -0.25) is 4.90 Å². The Morgan fingerprint density at radius 3 is 2.85 bits per heavy atom. The molecule has 3 fully saturated rings. The molecule has 0 radical (unpaired) electrons. The van der Waals surface area contributed by atoms with Crippen LogP contribution in [0.25, 0.3) is 10.8 Å². The first kappa shape index (κ1) is 24.6. The normalized spacial score (nSPS) is 24.3. The fraction of sp³-hybridized carbons (Fsp3) is 0.500. The number of benzene rings is 2. The molecule has 3 unspecified atom stereocenters. The van der Waals surface area contributed by atoms with Crippen LogP contribution in [0.2, 0.25) is 0 Å². The zero-order valence-electron chi connectivity index (χ0n) is 22.3. The van der Waals surface area contributed by atoms with E-state index in [1.165, 1.54) is 22.0 Å². The maximum Gasteiger partial charge on any atom is 0.318 e. The maximum absolute atomic E-state index is 9.27. The van der Waals surface area contributed by atoms with E-state index in [-0.39, 0.29) is 6.04 Å². The molecule has 3 aromatic rings. The van der Waals surface area contributed by atoms with Crippen molar-refractivity contribution < 1.29 is 9.47 Å². The van der Waals surface area contributed by atoms with Crippen molar-refractivity contribution in [2.24, 2.45) is 0 Å². The number of fused-ring (bicyclic) bond motifs is 3. The summed E-state index contributed by atoms with van der Waals surface area (Å²) in [6, 6.07) is 18.6. The number of ether oxygens (including phenoxy) is 2. The largest absolute Gasteiger partial charge is 0.463 e. The quantitative estimate of drug-likeness (QED) is 0.446. The van der Waals surface area contributed by atoms with E-state index in [0.29, 0.717) is 31.2 Å². The smallest absolute Gasteiger partial charge is 0.318 e. The summed E-state index contributed by atoms with van der Waals surface area (Å²) in [5.41, 5.74) is 3.50. The van der Waals surface area contributed by atoms with Gasteiger partial charge in [0.1, 0.15) is 5.82 Å². The van der Waals surface area contributed by atoms with Gasteiger partial charge in [0.2, 0.25) is 0 Å². The predicted octanol–water partition coefficient (Wildman–Crippen LogP) is 2.74. The summed E-state index contributed by atoms with van der Waals surface area (Å²) in [6.07, 6.45) is 2.77. The molecule has 1 aromatic heterocycles. The Balaban J connectivity index is 1.13. The van der Waals surface area contributed by atoms with Gasteiger partial charge in [0.05, 0.1) is 50.1 Å². The van der Waals surface area contributed by atoms with Gasteiger partial charge in [-0.15, -0.1) is 0 Å². The molecule has 202 valence electrons. The van der Waals surface area contributed by atoms with E-state index in [0.717, 1.165) is 76.8 Å². The number of piperazine rings is 1. The molecule has 39 heavy (non-hydrogen) atoms. The van der Waals surface area contributed by atoms with Crippen molar-refractivity contribution in [1.29, 1.82) is 5.26 Å². The molecule has 1 N–H and O–H groups in total. The van der Waals surface area contributed by atoms with Crippen LogP contribution in [-0.4, -0.2) is 85.5 Å². The predicted molar refractivity (Wildman–Crippen MR) is 150 cm³/mol. The molecule has 0 spiro atoms. The number of nitriles is 1. The van der Waals surface area contributed by atoms with E-state index in [2.05, 4.69) is 68.6 Å². The van der Waals surface area contributed by atoms with Crippen molar-refractivity contribution in [3.63, 3.8) is 0 Å². The van der Waals surface area contributed by atoms with Crippen LogP contribution in [0.4, 0.5) is 11.5 Å². The van der Waals surface area contributed by atoms with Gasteiger partial charge >= 0.3 is 6.01 Å². The minimum Gasteiger partial charge on any atom is -0.463 e. The molecule has 0 amide bonds. The van der Waals surface area contributed by atoms with E-state index in [1.54, 1.807) is 0 Å². The molecule has 0 bridgehead atoms. The number of aromatic nitrogens is 2. The second-order valence-electron chi connectivity index (χ2n) is 11.0. The zero-order chi connectivity index (χ0) is 26.2. The molecule has 4 aliphatic heterocycles. The number of rotatable bonds is 8. The van der Waals surface area contributed by atoms with Crippen molar-refractivity contribution in [3.05, 3.63) is 53.7 Å². The van der Waals surface area contributed by atoms with Crippen molar-refractivity contribution in [2.75, 3.05) is 62.3 Å². The lowest BCUT2D eigenvalue weighted by atomic mass is 9.95. The zero-order valence-corrected chi connectivity index (χ0v) is 22.3. The minimum atomic E-state index is 0.144. The monoisotopic (exact) mass is 525 g/mol. The van der Waals surface area contributed by atoms with Crippen LogP contribution in [0, 0.1) is 11.3 Å². The van der Waals surface area contributed by atoms with Crippen LogP contribution in [0.5, 0.6) is 6.01 Å². The van der Waals surface area contributed by atoms with Crippen LogP contribution < -0.4 is 19.9 Å². The molecule has 3 atom stereocenters. The number of nitrogens with one attached hydrogen (secondary N) is 1. The number of hydrogen-bond donors (Lipinski definition) is 1. The Morgan fingerprint density at radius 2 is 2.00 bits per heavy atom. The lowest BCUT2D eigenvalue weighted by Crippen LogP contribution is -2.70. The fourth-order valence-electron chi connectivity index (χ4n) is 6.42. The van der Waals surface area contributed by atoms with Crippen LogP contribution in [0.1, 0.15) is 24.1 Å². The van der Waals surface area contributed by atoms with Gasteiger partial charge < -0.3 is 24.6 Å². The Kier molecular flexibility index (Phi) is 6.69. The maximum atomic E-state index is 9.27. The van der Waals surface area contributed by atoms with Gasteiger partial charge in [0.15, 0.2) is 0 Å². The van der Waals surface area contributed by atoms with E-state index in [1.807, 2.05) is 0 Å². The number of nitrogens with zero attached hydrogens (tertiary/aromatic N) is 6. The molecule has 7 rings (SSSR count). The summed E-state index contributed by atoms with van der Waals surface area (Å²) in [5.74, 6) is 0.981. The third-order valence-electron chi connectivity index (χ3n) is 8.64. The highest BCUT2D eigenvalue weighted by Crippen LogP contribution is 2.34. The lowest BCUT2D eigenvalue weighted by molar-refractivity contribution is -0.214. The van der Waals surface area contributed by atoms with Crippen LogP contribution in [0.15, 0.2) is 42.5 Å². The molecule has 3 saturated heterocycles. The SMILES string of the molecule is N#CCC1CN(c2nc(OCCCN3CC4OCC43)nc3c2CCN(c2cccc4ccccc24)C3)CCN1. The Hall–Kier alpha value is -3.45. The fourth-order valence-corrected chi connectivity index (χ4v) is 6.42. The summed E-state index contributed by atoms with van der Waals surface area (Å²) in [5, 5.41) is 15.3. The molecule has 0 aliphatic carbocycles. The van der Waals surface area contributed by atoms with Gasteiger partial charge in [0, 0.05) is 61.9 Å². The second-order valence-corrected chi connectivity index (χ2v) is 11.0. The highest BCUT2D eigenvalue weighted by Gasteiger charge is 2.46. The lowest BCUT2D eigenvalue weighted by Gasteiger charge is -2.55. The molecule has 2 aromatic carbocycles. The average molecular weight is 526 g/mol. The van der Waals surface area contributed by atoms with Crippen molar-refractivity contribution >= 4 is 22.3 Å². The van der Waals surface area contributed by atoms with E-state index in [9.17, 15) is 5.26 Å². The first-order valence-corrected chi connectivity index (χ1v) is 14.2. The Bertz CT molecular complexity index is 1390. The third kappa shape index (κ3) is 4.78. The average Bonchev–Trinajstić information content (AvgIpc) is 2.96. The number of morpholine rings is 1. The van der Waals surface area contributed by atoms with E-state index in [4.69, 9.17) is 19.4 Å². The van der Waals surface area contributed by atoms with Gasteiger partial charge in [0.25, 0.3) is 0 Å². The van der Waals surface area contributed by atoms with Crippen molar-refractivity contribution in [2.45, 2.75) is 44.0 Å². The summed E-state index contributed by atoms with van der Waals surface area (Å²) in [7, 11) is 0. The van der Waals surface area contributed by atoms with Crippen LogP contribution in [0.3, 0.4) is 0 Å². The Morgan fingerprint density at radius 1 is 1.08 bits per heavy atom. The van der Waals surface area contributed by atoms with Crippen LogP contribution >= 0.6 is 0 Å². The molecular formula is C30H35N7O2. The highest BCUT2D eigenvalue weighted by molar-refractivity contribution is 5.94. The first-order chi connectivity index (χ1) is 19.3. The number of anilines is 2. The molecule has 0 saturated carbocycles. The van der Waals surface area contributed by atoms with E-state index < -0.39 is 0 Å². The van der Waals surface area contributed by atoms with Gasteiger partial charge in [-0.2, -0.15) is 15.2 Å². The minimum absolute atomic E-state index is 0.144. The second kappa shape index (κ2) is 10.6. The standard InChI is InChI=1S/C30H35N7O2/c31-11-9-22-17-37(15-12-32-22)29-24-10-14-36(26-8-3-6-21-5-1-2-7-23(21)26)18-25(24)33-30(34-29)38-16-4-13-35-19-28-27(35)20-39-28/h1-3,5-8,22,27-28,32H,4,9-10,12-20H2. The molecule has 5 heterocycles. The van der Waals surface area contributed by atoms with Gasteiger partial charge in [-0.1, -0.05) is 36.4 Å². The van der Waals surface area contributed by atoms with E-state index >= 15 is 0 Å². The van der Waals surface area contributed by atoms with Crippen molar-refractivity contribution in [1.82, 2.24) is 20.2 Å². The number of likely N-dealkylation sites (tertiary alicyclic amines) is 1. The van der Waals surface area contributed by atoms with Gasteiger partial charge in [-0.25, -0.2) is 0 Å². The summed E-state index contributed by atoms with van der Waals surface area (Å²) in [4.78, 5) is 17.2. The molecular weight excluding hydrogens is 490 g/mol. The Labute approximate surface area is 229 Å². The summed E-state index contributed by atoms with van der Waals surface area (Å²) in [6.45, 7) is 7.62. The molecule has 4 aliphatic rings. The topological polar surface area (TPSA) is 89.8 Å². The molecule has 9 nitrogen and oxygen atoms in total.